The molecule has 7 heteroatoms. The third-order valence-electron chi connectivity index (χ3n) is 6.24. The van der Waals surface area contributed by atoms with Crippen LogP contribution in [0.25, 0.3) is 21.7 Å². The Morgan fingerprint density at radius 3 is 2.37 bits per heavy atom. The first kappa shape index (κ1) is 22.7. The number of para-hydroxylation sites is 1. The van der Waals surface area contributed by atoms with Gasteiger partial charge in [-0.25, -0.2) is 0 Å². The number of nitrogens with zero attached hydrogens (tertiary/aromatic N) is 2. The number of ether oxygens (including phenoxy) is 1. The Morgan fingerprint density at radius 1 is 0.971 bits per heavy atom. The molecule has 1 aliphatic rings. The maximum absolute atomic E-state index is 13.8. The van der Waals surface area contributed by atoms with Crippen LogP contribution in [0.2, 0.25) is 0 Å². The lowest BCUT2D eigenvalue weighted by atomic mass is 9.94. The molecule has 178 valence electrons. The number of hydrogen-bond donors (Lipinski definition) is 1. The number of nitrogens with one attached hydrogen (secondary N) is 1. The van der Waals surface area contributed by atoms with Crippen molar-refractivity contribution in [2.75, 3.05) is 13.7 Å². The number of fused-ring (bicyclic) bond motifs is 4. The normalized spacial score (nSPS) is 14.8. The summed E-state index contributed by atoms with van der Waals surface area (Å²) < 4.78 is 6.99. The average molecular weight is 470 g/mol. The highest BCUT2D eigenvalue weighted by atomic mass is 16.5. The minimum Gasteiger partial charge on any atom is -0.496 e. The minimum absolute atomic E-state index is 0.215. The lowest BCUT2D eigenvalue weighted by Crippen LogP contribution is -2.53. The molecule has 2 amide bonds. The first-order valence-corrected chi connectivity index (χ1v) is 11.5. The highest BCUT2D eigenvalue weighted by molar-refractivity contribution is 6.11. The standard InChI is InChI=1S/C28H27N3O4/c1-28(2,3)29-26(33)25(20-13-14-23(35-4)19-11-7-6-10-18(19)20)30-16-24(32)31-21-12-8-5-9-17(21)15-22(31)27(30)34/h5-15,25H,16H2,1-4H3,(H,29,33). The van der Waals surface area contributed by atoms with Crippen LogP contribution in [0.15, 0.2) is 66.7 Å². The van der Waals surface area contributed by atoms with Crippen LogP contribution in [0.1, 0.15) is 47.7 Å². The molecular formula is C28H27N3O4. The van der Waals surface area contributed by atoms with E-state index in [4.69, 9.17) is 4.74 Å². The van der Waals surface area contributed by atoms with E-state index in [2.05, 4.69) is 5.32 Å². The zero-order valence-corrected chi connectivity index (χ0v) is 20.2. The van der Waals surface area contributed by atoms with Crippen molar-refractivity contribution in [3.05, 3.63) is 78.0 Å². The number of benzene rings is 3. The van der Waals surface area contributed by atoms with Crippen LogP contribution in [0, 0.1) is 0 Å². The van der Waals surface area contributed by atoms with Crippen molar-refractivity contribution in [1.29, 1.82) is 0 Å². The highest BCUT2D eigenvalue weighted by Crippen LogP contribution is 2.36. The summed E-state index contributed by atoms with van der Waals surface area (Å²) in [4.78, 5) is 42.3. The van der Waals surface area contributed by atoms with Gasteiger partial charge in [0, 0.05) is 16.3 Å². The lowest BCUT2D eigenvalue weighted by Gasteiger charge is -2.36. The van der Waals surface area contributed by atoms with Gasteiger partial charge >= 0.3 is 0 Å². The summed E-state index contributed by atoms with van der Waals surface area (Å²) in [7, 11) is 1.59. The van der Waals surface area contributed by atoms with Crippen LogP contribution in [0.5, 0.6) is 5.75 Å². The van der Waals surface area contributed by atoms with Gasteiger partial charge in [-0.2, -0.15) is 0 Å². The van der Waals surface area contributed by atoms with Crippen LogP contribution in [-0.4, -0.2) is 46.4 Å². The van der Waals surface area contributed by atoms with Gasteiger partial charge in [0.2, 0.25) is 5.91 Å². The van der Waals surface area contributed by atoms with Crippen molar-refractivity contribution in [3.63, 3.8) is 0 Å². The molecule has 1 N–H and O–H groups in total. The average Bonchev–Trinajstić information content (AvgIpc) is 3.22. The van der Waals surface area contributed by atoms with Gasteiger partial charge in [0.15, 0.2) is 0 Å². The summed E-state index contributed by atoms with van der Waals surface area (Å²) in [5.74, 6) is -0.305. The molecule has 2 heterocycles. The summed E-state index contributed by atoms with van der Waals surface area (Å²) in [5.41, 5.74) is 1.05. The number of amides is 2. The van der Waals surface area contributed by atoms with Gasteiger partial charge < -0.3 is 15.0 Å². The Kier molecular flexibility index (Phi) is 5.35. The first-order valence-electron chi connectivity index (χ1n) is 11.5. The van der Waals surface area contributed by atoms with E-state index in [1.165, 1.54) is 9.47 Å². The Morgan fingerprint density at radius 2 is 1.66 bits per heavy atom. The zero-order chi connectivity index (χ0) is 24.9. The van der Waals surface area contributed by atoms with Crippen molar-refractivity contribution in [2.45, 2.75) is 32.4 Å². The summed E-state index contributed by atoms with van der Waals surface area (Å²) in [5, 5.41) is 5.42. The van der Waals surface area contributed by atoms with E-state index in [9.17, 15) is 14.4 Å². The third-order valence-corrected chi connectivity index (χ3v) is 6.24. The monoisotopic (exact) mass is 469 g/mol. The number of methoxy groups -OCH3 is 1. The van der Waals surface area contributed by atoms with Crippen LogP contribution >= 0.6 is 0 Å². The number of hydrogen-bond acceptors (Lipinski definition) is 4. The van der Waals surface area contributed by atoms with Crippen molar-refractivity contribution in [1.82, 2.24) is 14.8 Å². The van der Waals surface area contributed by atoms with Gasteiger partial charge in [-0.05, 0) is 49.9 Å². The van der Waals surface area contributed by atoms with Crippen molar-refractivity contribution in [3.8, 4) is 5.75 Å². The summed E-state index contributed by atoms with van der Waals surface area (Å²) in [6.07, 6.45) is 0. The van der Waals surface area contributed by atoms with Crippen LogP contribution in [0.4, 0.5) is 0 Å². The number of rotatable bonds is 4. The van der Waals surface area contributed by atoms with Gasteiger partial charge in [-0.15, -0.1) is 0 Å². The smallest absolute Gasteiger partial charge is 0.272 e. The molecule has 1 atom stereocenters. The van der Waals surface area contributed by atoms with E-state index in [1.807, 2.05) is 69.3 Å². The van der Waals surface area contributed by atoms with Crippen molar-refractivity contribution < 1.29 is 19.1 Å². The second-order valence-electron chi connectivity index (χ2n) is 9.80. The molecule has 0 bridgehead atoms. The fourth-order valence-corrected chi connectivity index (χ4v) is 4.82. The molecule has 1 aromatic heterocycles. The number of carbonyl (C=O) groups is 3. The molecule has 0 radical (unpaired) electrons. The van der Waals surface area contributed by atoms with E-state index in [0.29, 0.717) is 16.8 Å². The summed E-state index contributed by atoms with van der Waals surface area (Å²) in [6, 6.07) is 19.3. The Bertz CT molecular complexity index is 1500. The van der Waals surface area contributed by atoms with E-state index in [0.717, 1.165) is 16.2 Å². The van der Waals surface area contributed by atoms with Crippen LogP contribution < -0.4 is 10.1 Å². The number of carbonyl (C=O) groups excluding carboxylic acids is 3. The highest BCUT2D eigenvalue weighted by Gasteiger charge is 2.40. The molecule has 1 aliphatic heterocycles. The second-order valence-corrected chi connectivity index (χ2v) is 9.80. The maximum Gasteiger partial charge on any atom is 0.272 e. The van der Waals surface area contributed by atoms with Gasteiger partial charge in [-0.1, -0.05) is 48.5 Å². The van der Waals surface area contributed by atoms with Crippen LogP contribution in [-0.2, 0) is 4.79 Å². The molecule has 0 spiro atoms. The molecular weight excluding hydrogens is 442 g/mol. The fraction of sp³-hybridized carbons (Fsp3) is 0.250. The van der Waals surface area contributed by atoms with Gasteiger partial charge in [0.25, 0.3) is 11.8 Å². The van der Waals surface area contributed by atoms with Gasteiger partial charge in [-0.3, -0.25) is 19.0 Å². The Labute approximate surface area is 203 Å². The predicted molar refractivity (Wildman–Crippen MR) is 135 cm³/mol. The molecule has 5 rings (SSSR count). The van der Waals surface area contributed by atoms with Gasteiger partial charge in [0.1, 0.15) is 24.0 Å². The third kappa shape index (κ3) is 3.83. The molecule has 0 fully saturated rings. The molecule has 35 heavy (non-hydrogen) atoms. The SMILES string of the molecule is COc1ccc(C(C(=O)NC(C)(C)C)N2CC(=O)n3c(cc4ccccc43)C2=O)c2ccccc12. The molecule has 4 aromatic rings. The maximum atomic E-state index is 13.8. The Hall–Kier alpha value is -4.13. The van der Waals surface area contributed by atoms with Crippen LogP contribution in [0.3, 0.4) is 0 Å². The van der Waals surface area contributed by atoms with E-state index >= 15 is 0 Å². The van der Waals surface area contributed by atoms with E-state index < -0.39 is 11.6 Å². The first-order chi connectivity index (χ1) is 16.7. The topological polar surface area (TPSA) is 80.6 Å². The Balaban J connectivity index is 1.69. The van der Waals surface area contributed by atoms with E-state index in [-0.39, 0.29) is 30.0 Å². The van der Waals surface area contributed by atoms with E-state index in [1.54, 1.807) is 25.3 Å². The fourth-order valence-electron chi connectivity index (χ4n) is 4.82. The lowest BCUT2D eigenvalue weighted by molar-refractivity contribution is -0.127. The molecule has 3 aromatic carbocycles. The quantitative estimate of drug-likeness (QED) is 0.475. The molecule has 1 unspecified atom stereocenters. The van der Waals surface area contributed by atoms with Crippen molar-refractivity contribution in [2.24, 2.45) is 0 Å². The largest absolute Gasteiger partial charge is 0.496 e. The summed E-state index contributed by atoms with van der Waals surface area (Å²) in [6.45, 7) is 5.44. The zero-order valence-electron chi connectivity index (χ0n) is 20.2. The predicted octanol–water partition coefficient (Wildman–Crippen LogP) is 4.56. The van der Waals surface area contributed by atoms with Gasteiger partial charge in [0.05, 0.1) is 12.6 Å². The number of aromatic nitrogens is 1. The molecule has 0 saturated carbocycles. The molecule has 7 nitrogen and oxygen atoms in total. The summed E-state index contributed by atoms with van der Waals surface area (Å²) >= 11 is 0. The second kappa shape index (κ2) is 8.27. The minimum atomic E-state index is -1.01. The molecule has 0 aliphatic carbocycles. The van der Waals surface area contributed by atoms with Crippen molar-refractivity contribution >= 4 is 39.4 Å². The molecule has 0 saturated heterocycles.